The Morgan fingerprint density at radius 2 is 1.60 bits per heavy atom. The Morgan fingerprint density at radius 3 is 2.50 bits per heavy atom. The highest BCUT2D eigenvalue weighted by molar-refractivity contribution is 6.08. The molecule has 0 aliphatic carbocycles. The molecule has 1 aromatic heterocycles. The second-order valence-corrected chi connectivity index (χ2v) is 4.70. The molecular weight excluding hydrogens is 255 g/mol. The monoisotopic (exact) mass is 264 g/mol. The Kier molecular flexibility index (Phi) is 2.18. The van der Waals surface area contributed by atoms with Gasteiger partial charge in [-0.05, 0) is 29.0 Å². The molecule has 4 aromatic rings. The third-order valence-corrected chi connectivity index (χ3v) is 3.54. The van der Waals surface area contributed by atoms with Crippen LogP contribution in [0.5, 0.6) is 0 Å². The molecule has 0 amide bonds. The minimum Gasteiger partial charge on any atom is -0.456 e. The van der Waals surface area contributed by atoms with Gasteiger partial charge in [-0.15, -0.1) is 0 Å². The van der Waals surface area contributed by atoms with Gasteiger partial charge in [0, 0.05) is 0 Å². The molecule has 0 atom stereocenters. The number of rotatable bonds is 0. The van der Waals surface area contributed by atoms with Gasteiger partial charge in [0.1, 0.15) is 22.4 Å². The molecule has 2 nitrogen and oxygen atoms in total. The molecule has 0 radical (unpaired) electrons. The highest BCUT2D eigenvalue weighted by Crippen LogP contribution is 2.26. The van der Waals surface area contributed by atoms with E-state index in [4.69, 9.17) is 4.42 Å². The quantitative estimate of drug-likeness (QED) is 0.351. The Bertz CT molecular complexity index is 1030. The van der Waals surface area contributed by atoms with E-state index < -0.39 is 5.82 Å². The molecule has 0 fully saturated rings. The standard InChI is InChI=1S/C17H9FO2/c18-12-6-3-7-13-16(12)17(19)15-11-5-2-1-4-10(11)8-9-14(15)20-13/h1-9H. The molecule has 0 unspecified atom stereocenters. The van der Waals surface area contributed by atoms with E-state index in [-0.39, 0.29) is 16.4 Å². The maximum absolute atomic E-state index is 13.9. The van der Waals surface area contributed by atoms with Crippen LogP contribution in [0.25, 0.3) is 32.7 Å². The van der Waals surface area contributed by atoms with Crippen LogP contribution in [-0.2, 0) is 0 Å². The van der Waals surface area contributed by atoms with Gasteiger partial charge in [0.25, 0.3) is 0 Å². The van der Waals surface area contributed by atoms with Crippen molar-refractivity contribution in [1.82, 2.24) is 0 Å². The summed E-state index contributed by atoms with van der Waals surface area (Å²) in [6.45, 7) is 0. The normalized spacial score (nSPS) is 11.4. The van der Waals surface area contributed by atoms with Crippen molar-refractivity contribution in [3.8, 4) is 0 Å². The van der Waals surface area contributed by atoms with Crippen LogP contribution >= 0.6 is 0 Å². The van der Waals surface area contributed by atoms with Gasteiger partial charge in [-0.1, -0.05) is 36.4 Å². The number of halogens is 1. The fraction of sp³-hybridized carbons (Fsp3) is 0. The van der Waals surface area contributed by atoms with Crippen molar-refractivity contribution < 1.29 is 8.81 Å². The van der Waals surface area contributed by atoms with E-state index >= 15 is 0 Å². The molecule has 0 aliphatic rings. The van der Waals surface area contributed by atoms with Gasteiger partial charge < -0.3 is 4.42 Å². The van der Waals surface area contributed by atoms with Crippen molar-refractivity contribution in [2.24, 2.45) is 0 Å². The van der Waals surface area contributed by atoms with E-state index in [1.165, 1.54) is 12.1 Å². The predicted octanol–water partition coefficient (Wildman–Crippen LogP) is 4.24. The molecular formula is C17H9FO2. The molecule has 4 rings (SSSR count). The summed E-state index contributed by atoms with van der Waals surface area (Å²) < 4.78 is 19.6. The topological polar surface area (TPSA) is 30.2 Å². The summed E-state index contributed by atoms with van der Waals surface area (Å²) in [5.74, 6) is -0.550. The van der Waals surface area contributed by atoms with Crippen LogP contribution in [0.3, 0.4) is 0 Å². The van der Waals surface area contributed by atoms with Crippen molar-refractivity contribution in [2.75, 3.05) is 0 Å². The van der Waals surface area contributed by atoms with Gasteiger partial charge >= 0.3 is 0 Å². The maximum Gasteiger partial charge on any atom is 0.204 e. The maximum atomic E-state index is 13.9. The fourth-order valence-electron chi connectivity index (χ4n) is 2.62. The first-order valence-electron chi connectivity index (χ1n) is 6.28. The zero-order valence-electron chi connectivity index (χ0n) is 10.4. The molecule has 1 heterocycles. The van der Waals surface area contributed by atoms with Gasteiger partial charge in [-0.3, -0.25) is 4.79 Å². The minimum absolute atomic E-state index is 0.0105. The van der Waals surface area contributed by atoms with E-state index in [1.54, 1.807) is 12.1 Å². The van der Waals surface area contributed by atoms with E-state index in [1.807, 2.05) is 30.3 Å². The van der Waals surface area contributed by atoms with Crippen LogP contribution in [0.1, 0.15) is 0 Å². The van der Waals surface area contributed by atoms with Gasteiger partial charge in [0.2, 0.25) is 5.43 Å². The van der Waals surface area contributed by atoms with E-state index in [0.29, 0.717) is 11.0 Å². The van der Waals surface area contributed by atoms with Crippen LogP contribution in [0.2, 0.25) is 0 Å². The van der Waals surface area contributed by atoms with Gasteiger partial charge in [-0.25, -0.2) is 4.39 Å². The Labute approximate surface area is 113 Å². The first-order chi connectivity index (χ1) is 9.75. The van der Waals surface area contributed by atoms with Crippen molar-refractivity contribution in [2.45, 2.75) is 0 Å². The highest BCUT2D eigenvalue weighted by Gasteiger charge is 2.13. The second-order valence-electron chi connectivity index (χ2n) is 4.70. The highest BCUT2D eigenvalue weighted by atomic mass is 19.1. The third kappa shape index (κ3) is 1.40. The molecule has 3 heteroatoms. The first-order valence-corrected chi connectivity index (χ1v) is 6.28. The molecule has 96 valence electrons. The lowest BCUT2D eigenvalue weighted by atomic mass is 10.0. The summed E-state index contributed by atoms with van der Waals surface area (Å²) in [7, 11) is 0. The Morgan fingerprint density at radius 1 is 0.800 bits per heavy atom. The number of fused-ring (bicyclic) bond motifs is 4. The van der Waals surface area contributed by atoms with Crippen molar-refractivity contribution >= 4 is 32.7 Å². The van der Waals surface area contributed by atoms with Crippen molar-refractivity contribution in [1.29, 1.82) is 0 Å². The molecule has 0 bridgehead atoms. The van der Waals surface area contributed by atoms with Crippen LogP contribution in [0, 0.1) is 5.82 Å². The smallest absolute Gasteiger partial charge is 0.204 e. The summed E-state index contributed by atoms with van der Waals surface area (Å²) in [4.78, 5) is 12.6. The van der Waals surface area contributed by atoms with Crippen LogP contribution in [-0.4, -0.2) is 0 Å². The molecule has 0 saturated heterocycles. The van der Waals surface area contributed by atoms with Gasteiger partial charge in [0.15, 0.2) is 0 Å². The minimum atomic E-state index is -0.550. The average Bonchev–Trinajstić information content (AvgIpc) is 2.47. The summed E-state index contributed by atoms with van der Waals surface area (Å²) in [6, 6.07) is 15.6. The summed E-state index contributed by atoms with van der Waals surface area (Å²) in [5.41, 5.74) is 0.431. The number of hydrogen-bond donors (Lipinski definition) is 0. The van der Waals surface area contributed by atoms with Gasteiger partial charge in [-0.2, -0.15) is 0 Å². The number of hydrogen-bond acceptors (Lipinski definition) is 2. The Balaban J connectivity index is 2.38. The molecule has 20 heavy (non-hydrogen) atoms. The van der Waals surface area contributed by atoms with E-state index in [2.05, 4.69) is 0 Å². The molecule has 0 aliphatic heterocycles. The zero-order chi connectivity index (χ0) is 13.7. The van der Waals surface area contributed by atoms with Crippen LogP contribution in [0.15, 0.2) is 63.8 Å². The summed E-state index contributed by atoms with van der Waals surface area (Å²) >= 11 is 0. The van der Waals surface area contributed by atoms with Crippen molar-refractivity contribution in [3.63, 3.8) is 0 Å². The third-order valence-electron chi connectivity index (χ3n) is 3.54. The molecule has 0 spiro atoms. The Hall–Kier alpha value is -2.68. The first kappa shape index (κ1) is 11.2. The van der Waals surface area contributed by atoms with Gasteiger partial charge in [0.05, 0.1) is 5.39 Å². The van der Waals surface area contributed by atoms with Crippen LogP contribution < -0.4 is 5.43 Å². The molecule has 0 N–H and O–H groups in total. The predicted molar refractivity (Wildman–Crippen MR) is 77.5 cm³/mol. The lowest BCUT2D eigenvalue weighted by Crippen LogP contribution is -2.04. The molecule has 0 saturated carbocycles. The SMILES string of the molecule is O=c1c2c(F)cccc2oc2ccc3ccccc3c12. The summed E-state index contributed by atoms with van der Waals surface area (Å²) in [6.07, 6.45) is 0. The largest absolute Gasteiger partial charge is 0.456 e. The zero-order valence-corrected chi connectivity index (χ0v) is 10.4. The summed E-state index contributed by atoms with van der Waals surface area (Å²) in [5, 5.41) is 2.16. The fourth-order valence-corrected chi connectivity index (χ4v) is 2.62. The second kappa shape index (κ2) is 3.90. The van der Waals surface area contributed by atoms with E-state index in [0.717, 1.165) is 10.8 Å². The van der Waals surface area contributed by atoms with Crippen molar-refractivity contribution in [3.05, 3.63) is 70.6 Å². The average molecular weight is 264 g/mol. The molecule has 3 aromatic carbocycles. The van der Waals surface area contributed by atoms with Crippen LogP contribution in [0.4, 0.5) is 4.39 Å². The number of benzene rings is 3. The lowest BCUT2D eigenvalue weighted by Gasteiger charge is -2.05. The lowest BCUT2D eigenvalue weighted by molar-refractivity contribution is 0.625. The van der Waals surface area contributed by atoms with E-state index in [9.17, 15) is 9.18 Å².